The summed E-state index contributed by atoms with van der Waals surface area (Å²) in [5.41, 5.74) is 4.52. The SMILES string of the molecule is CCC(C)N(CC(=O)O)C(=O)C1OCCC1NC(=O)OCC1c2ccccc2-c2ccccc21. The van der Waals surface area contributed by atoms with Crippen LogP contribution in [0.15, 0.2) is 48.5 Å². The van der Waals surface area contributed by atoms with Crippen LogP contribution in [0.2, 0.25) is 0 Å². The molecular weight excluding hydrogens is 436 g/mol. The molecule has 1 saturated heterocycles. The fraction of sp³-hybridized carbons (Fsp3) is 0.423. The predicted octanol–water partition coefficient (Wildman–Crippen LogP) is 3.39. The van der Waals surface area contributed by atoms with Gasteiger partial charge in [0.2, 0.25) is 0 Å². The van der Waals surface area contributed by atoms with Gasteiger partial charge in [0, 0.05) is 18.6 Å². The van der Waals surface area contributed by atoms with Crippen LogP contribution in [0.1, 0.15) is 43.7 Å². The number of fused-ring (bicyclic) bond motifs is 3. The maximum atomic E-state index is 13.1. The number of hydrogen-bond acceptors (Lipinski definition) is 5. The van der Waals surface area contributed by atoms with Crippen molar-refractivity contribution >= 4 is 18.0 Å². The normalized spacial score (nSPS) is 19.7. The van der Waals surface area contributed by atoms with Crippen LogP contribution in [-0.4, -0.2) is 65.9 Å². The molecule has 3 unspecified atom stereocenters. The number of carbonyl (C=O) groups is 3. The van der Waals surface area contributed by atoms with E-state index in [0.29, 0.717) is 19.4 Å². The first-order chi connectivity index (χ1) is 16.4. The topological polar surface area (TPSA) is 105 Å². The molecular formula is C26H30N2O6. The van der Waals surface area contributed by atoms with Crippen molar-refractivity contribution < 1.29 is 29.0 Å². The Morgan fingerprint density at radius 1 is 1.12 bits per heavy atom. The minimum absolute atomic E-state index is 0.0631. The first-order valence-corrected chi connectivity index (χ1v) is 11.7. The second kappa shape index (κ2) is 10.3. The zero-order valence-corrected chi connectivity index (χ0v) is 19.4. The largest absolute Gasteiger partial charge is 0.480 e. The summed E-state index contributed by atoms with van der Waals surface area (Å²) in [4.78, 5) is 38.3. The van der Waals surface area contributed by atoms with Crippen molar-refractivity contribution in [2.45, 2.75) is 50.8 Å². The second-order valence-electron chi connectivity index (χ2n) is 8.77. The molecule has 2 N–H and O–H groups in total. The second-order valence-corrected chi connectivity index (χ2v) is 8.77. The number of nitrogens with one attached hydrogen (secondary N) is 1. The van der Waals surface area contributed by atoms with E-state index in [9.17, 15) is 19.5 Å². The molecule has 0 aromatic heterocycles. The Labute approximate surface area is 198 Å². The quantitative estimate of drug-likeness (QED) is 0.618. The molecule has 2 amide bonds. The molecule has 4 rings (SSSR count). The standard InChI is InChI=1S/C26H30N2O6/c1-3-16(2)28(14-23(29)30)25(31)24-22(12-13-33-24)27-26(32)34-15-21-19-10-6-4-8-17(19)18-9-5-7-11-20(18)21/h4-11,16,21-22,24H,3,12-15H2,1-2H3,(H,27,32)(H,29,30). The molecule has 1 fully saturated rings. The molecule has 0 radical (unpaired) electrons. The maximum absolute atomic E-state index is 13.1. The van der Waals surface area contributed by atoms with Gasteiger partial charge in [0.05, 0.1) is 6.04 Å². The summed E-state index contributed by atoms with van der Waals surface area (Å²) in [5.74, 6) is -1.59. The Morgan fingerprint density at radius 3 is 2.32 bits per heavy atom. The van der Waals surface area contributed by atoms with Gasteiger partial charge in [0.15, 0.2) is 6.10 Å². The number of nitrogens with zero attached hydrogens (tertiary/aromatic N) is 1. The van der Waals surface area contributed by atoms with Gasteiger partial charge in [0.25, 0.3) is 5.91 Å². The van der Waals surface area contributed by atoms with Gasteiger partial charge < -0.3 is 24.8 Å². The summed E-state index contributed by atoms with van der Waals surface area (Å²) in [6.45, 7) is 3.74. The molecule has 2 aromatic carbocycles. The highest BCUT2D eigenvalue weighted by Gasteiger charge is 2.40. The molecule has 34 heavy (non-hydrogen) atoms. The van der Waals surface area contributed by atoms with Gasteiger partial charge in [-0.25, -0.2) is 4.79 Å². The minimum Gasteiger partial charge on any atom is -0.480 e. The third-order valence-corrected chi connectivity index (χ3v) is 6.69. The monoisotopic (exact) mass is 466 g/mol. The Bertz CT molecular complexity index is 1030. The zero-order valence-electron chi connectivity index (χ0n) is 19.4. The molecule has 1 aliphatic heterocycles. The van der Waals surface area contributed by atoms with Crippen molar-refractivity contribution in [2.24, 2.45) is 0 Å². The molecule has 1 heterocycles. The average molecular weight is 467 g/mol. The van der Waals surface area contributed by atoms with E-state index in [1.54, 1.807) is 6.92 Å². The van der Waals surface area contributed by atoms with Gasteiger partial charge >= 0.3 is 12.1 Å². The van der Waals surface area contributed by atoms with Crippen molar-refractivity contribution in [3.63, 3.8) is 0 Å². The van der Waals surface area contributed by atoms with Gasteiger partial charge in [-0.2, -0.15) is 0 Å². The molecule has 8 heteroatoms. The Morgan fingerprint density at radius 2 is 1.74 bits per heavy atom. The van der Waals surface area contributed by atoms with Gasteiger partial charge in [0.1, 0.15) is 13.2 Å². The zero-order chi connectivity index (χ0) is 24.2. The summed E-state index contributed by atoms with van der Waals surface area (Å²) in [6.07, 6.45) is -0.504. The van der Waals surface area contributed by atoms with Gasteiger partial charge in [-0.3, -0.25) is 9.59 Å². The van der Waals surface area contributed by atoms with Crippen LogP contribution in [0, 0.1) is 0 Å². The molecule has 0 spiro atoms. The number of carboxylic acid groups (broad SMARTS) is 1. The van der Waals surface area contributed by atoms with Gasteiger partial charge in [-0.15, -0.1) is 0 Å². The van der Waals surface area contributed by atoms with Crippen LogP contribution in [0.5, 0.6) is 0 Å². The fourth-order valence-corrected chi connectivity index (χ4v) is 4.75. The smallest absolute Gasteiger partial charge is 0.407 e. The fourth-order valence-electron chi connectivity index (χ4n) is 4.75. The molecule has 180 valence electrons. The third-order valence-electron chi connectivity index (χ3n) is 6.69. The molecule has 2 aliphatic rings. The van der Waals surface area contributed by atoms with E-state index in [0.717, 1.165) is 22.3 Å². The highest BCUT2D eigenvalue weighted by atomic mass is 16.6. The molecule has 0 bridgehead atoms. The predicted molar refractivity (Wildman–Crippen MR) is 125 cm³/mol. The Balaban J connectivity index is 1.40. The van der Waals surface area contributed by atoms with Crippen molar-refractivity contribution in [2.75, 3.05) is 19.8 Å². The van der Waals surface area contributed by atoms with Crippen molar-refractivity contribution in [3.8, 4) is 11.1 Å². The number of benzene rings is 2. The summed E-state index contributed by atoms with van der Waals surface area (Å²) < 4.78 is 11.2. The molecule has 3 atom stereocenters. The average Bonchev–Trinajstić information content (AvgIpc) is 3.42. The number of hydrogen-bond donors (Lipinski definition) is 2. The minimum atomic E-state index is -1.09. The highest BCUT2D eigenvalue weighted by Crippen LogP contribution is 2.44. The molecule has 8 nitrogen and oxygen atoms in total. The van der Waals surface area contributed by atoms with Crippen molar-refractivity contribution in [1.29, 1.82) is 0 Å². The van der Waals surface area contributed by atoms with Crippen LogP contribution in [0.3, 0.4) is 0 Å². The first-order valence-electron chi connectivity index (χ1n) is 11.7. The number of alkyl carbamates (subject to hydrolysis) is 1. The van der Waals surface area contributed by atoms with Crippen molar-refractivity contribution in [1.82, 2.24) is 10.2 Å². The van der Waals surface area contributed by atoms with Crippen LogP contribution in [0.25, 0.3) is 11.1 Å². The number of amides is 2. The lowest BCUT2D eigenvalue weighted by Gasteiger charge is -2.31. The van der Waals surface area contributed by atoms with E-state index >= 15 is 0 Å². The summed E-state index contributed by atoms with van der Waals surface area (Å²) in [5, 5.41) is 12.0. The Kier molecular flexibility index (Phi) is 7.17. The number of carbonyl (C=O) groups excluding carboxylic acids is 2. The lowest BCUT2D eigenvalue weighted by Crippen LogP contribution is -2.53. The van der Waals surface area contributed by atoms with E-state index in [-0.39, 0.29) is 18.6 Å². The van der Waals surface area contributed by atoms with E-state index in [4.69, 9.17) is 9.47 Å². The lowest BCUT2D eigenvalue weighted by molar-refractivity contribution is -0.151. The molecule has 0 saturated carbocycles. The van der Waals surface area contributed by atoms with E-state index < -0.39 is 36.7 Å². The first kappa shape index (κ1) is 23.8. The van der Waals surface area contributed by atoms with E-state index in [1.165, 1.54) is 4.90 Å². The van der Waals surface area contributed by atoms with Crippen LogP contribution in [-0.2, 0) is 19.1 Å². The lowest BCUT2D eigenvalue weighted by atomic mass is 9.98. The van der Waals surface area contributed by atoms with E-state index in [2.05, 4.69) is 17.4 Å². The third kappa shape index (κ3) is 4.77. The molecule has 1 aliphatic carbocycles. The van der Waals surface area contributed by atoms with Crippen LogP contribution < -0.4 is 5.32 Å². The van der Waals surface area contributed by atoms with Crippen molar-refractivity contribution in [3.05, 3.63) is 59.7 Å². The Hall–Kier alpha value is -3.39. The van der Waals surface area contributed by atoms with E-state index in [1.807, 2.05) is 43.3 Å². The van der Waals surface area contributed by atoms with Gasteiger partial charge in [-0.05, 0) is 42.0 Å². The van der Waals surface area contributed by atoms with Gasteiger partial charge in [-0.1, -0.05) is 55.5 Å². The number of ether oxygens (including phenoxy) is 2. The summed E-state index contributed by atoms with van der Waals surface area (Å²) >= 11 is 0. The number of rotatable bonds is 8. The molecule has 2 aromatic rings. The highest BCUT2D eigenvalue weighted by molar-refractivity contribution is 5.86. The summed E-state index contributed by atoms with van der Waals surface area (Å²) in [6, 6.07) is 15.3. The maximum Gasteiger partial charge on any atom is 0.407 e. The number of carboxylic acids is 1. The summed E-state index contributed by atoms with van der Waals surface area (Å²) in [7, 11) is 0. The van der Waals surface area contributed by atoms with Crippen LogP contribution in [0.4, 0.5) is 4.79 Å². The van der Waals surface area contributed by atoms with Crippen LogP contribution >= 0.6 is 0 Å². The number of aliphatic carboxylic acids is 1.